The van der Waals surface area contributed by atoms with Crippen LogP contribution in [0.25, 0.3) is 10.9 Å². The highest BCUT2D eigenvalue weighted by Crippen LogP contribution is 2.23. The summed E-state index contributed by atoms with van der Waals surface area (Å²) in [4.78, 5) is 4.43. The van der Waals surface area contributed by atoms with Crippen LogP contribution in [-0.4, -0.2) is 10.1 Å². The highest BCUT2D eigenvalue weighted by molar-refractivity contribution is 5.81. The van der Waals surface area contributed by atoms with Gasteiger partial charge in [0.25, 0.3) is 0 Å². The lowest BCUT2D eigenvalue weighted by atomic mass is 10.1. The number of nitrogens with zero attached hydrogens (tertiary/aromatic N) is 1. The summed E-state index contributed by atoms with van der Waals surface area (Å²) in [7, 11) is 0. The number of nitrogens with one attached hydrogen (secondary N) is 1. The molecule has 0 radical (unpaired) electrons. The highest BCUT2D eigenvalue weighted by atomic mass is 16.3. The van der Waals surface area contributed by atoms with Crippen molar-refractivity contribution in [2.45, 2.75) is 13.0 Å². The van der Waals surface area contributed by atoms with E-state index in [-0.39, 0.29) is 11.8 Å². The Kier molecular flexibility index (Phi) is 3.25. The number of hydrogen-bond donors (Lipinski definition) is 2. The third-order valence-electron chi connectivity index (χ3n) is 3.34. The lowest BCUT2D eigenvalue weighted by Crippen LogP contribution is -2.06. The maximum Gasteiger partial charge on any atom is 0.115 e. The predicted molar refractivity (Wildman–Crippen MR) is 81.9 cm³/mol. The van der Waals surface area contributed by atoms with Gasteiger partial charge in [0, 0.05) is 11.4 Å². The Hall–Kier alpha value is -2.55. The Labute approximate surface area is 117 Å². The lowest BCUT2D eigenvalue weighted by Gasteiger charge is -2.16. The smallest absolute Gasteiger partial charge is 0.115 e. The van der Waals surface area contributed by atoms with Gasteiger partial charge in [-0.2, -0.15) is 0 Å². The second-order valence-corrected chi connectivity index (χ2v) is 4.88. The van der Waals surface area contributed by atoms with Gasteiger partial charge in [-0.25, -0.2) is 0 Å². The number of hydrogen-bond acceptors (Lipinski definition) is 3. The molecule has 3 rings (SSSR count). The largest absolute Gasteiger partial charge is 0.508 e. The van der Waals surface area contributed by atoms with E-state index in [4.69, 9.17) is 0 Å². The summed E-state index contributed by atoms with van der Waals surface area (Å²) in [5.74, 6) is 0.285. The molecule has 3 aromatic rings. The van der Waals surface area contributed by atoms with E-state index in [1.165, 1.54) is 0 Å². The molecule has 0 fully saturated rings. The summed E-state index contributed by atoms with van der Waals surface area (Å²) in [5.41, 5.74) is 3.00. The van der Waals surface area contributed by atoms with E-state index < -0.39 is 0 Å². The first-order valence-electron chi connectivity index (χ1n) is 6.62. The van der Waals surface area contributed by atoms with E-state index in [1.807, 2.05) is 42.6 Å². The number of fused-ring (bicyclic) bond motifs is 1. The molecule has 3 nitrogen and oxygen atoms in total. The van der Waals surface area contributed by atoms with Crippen molar-refractivity contribution in [3.63, 3.8) is 0 Å². The topological polar surface area (TPSA) is 45.2 Å². The first-order valence-corrected chi connectivity index (χ1v) is 6.62. The van der Waals surface area contributed by atoms with Crippen LogP contribution < -0.4 is 5.32 Å². The first kappa shape index (κ1) is 12.5. The van der Waals surface area contributed by atoms with E-state index in [0.717, 1.165) is 22.2 Å². The summed E-state index contributed by atoms with van der Waals surface area (Å²) in [6, 6.07) is 17.5. The lowest BCUT2D eigenvalue weighted by molar-refractivity contribution is 0.474. The summed E-state index contributed by atoms with van der Waals surface area (Å²) < 4.78 is 0. The van der Waals surface area contributed by atoms with Crippen LogP contribution in [0, 0.1) is 0 Å². The van der Waals surface area contributed by atoms with Gasteiger partial charge in [-0.05, 0) is 36.8 Å². The van der Waals surface area contributed by atoms with Gasteiger partial charge >= 0.3 is 0 Å². The van der Waals surface area contributed by atoms with Crippen molar-refractivity contribution in [3.8, 4) is 5.75 Å². The number of rotatable bonds is 3. The van der Waals surface area contributed by atoms with E-state index in [1.54, 1.807) is 12.1 Å². The van der Waals surface area contributed by atoms with Crippen LogP contribution in [0.4, 0.5) is 5.69 Å². The zero-order valence-electron chi connectivity index (χ0n) is 11.2. The quantitative estimate of drug-likeness (QED) is 0.748. The van der Waals surface area contributed by atoms with Crippen LogP contribution in [0.15, 0.2) is 60.8 Å². The molecule has 0 saturated carbocycles. The second-order valence-electron chi connectivity index (χ2n) is 4.88. The summed E-state index contributed by atoms with van der Waals surface area (Å²) in [6.07, 6.45) is 1.83. The summed E-state index contributed by atoms with van der Waals surface area (Å²) in [6.45, 7) is 2.06. The molecule has 1 atom stereocenters. The molecule has 0 saturated heterocycles. The standard InChI is InChI=1S/C17H16N2O/c1-12(13-6-4-7-16(20)10-13)19-15-9-14-5-2-3-8-17(14)18-11-15/h2-12,19-20H,1H3. The third kappa shape index (κ3) is 2.57. The first-order chi connectivity index (χ1) is 9.72. The number of benzene rings is 2. The molecule has 0 aliphatic rings. The molecule has 3 heteroatoms. The highest BCUT2D eigenvalue weighted by Gasteiger charge is 2.06. The molecule has 0 amide bonds. The van der Waals surface area contributed by atoms with Crippen LogP contribution in [0.2, 0.25) is 0 Å². The van der Waals surface area contributed by atoms with Crippen LogP contribution in [0.3, 0.4) is 0 Å². The SMILES string of the molecule is CC(Nc1cnc2ccccc2c1)c1cccc(O)c1. The molecule has 1 aromatic heterocycles. The fraction of sp³-hybridized carbons (Fsp3) is 0.118. The maximum atomic E-state index is 9.53. The Bertz CT molecular complexity index is 740. The molecular weight excluding hydrogens is 248 g/mol. The van der Waals surface area contributed by atoms with E-state index in [0.29, 0.717) is 0 Å². The monoisotopic (exact) mass is 264 g/mol. The normalized spacial score (nSPS) is 12.2. The Morgan fingerprint density at radius 3 is 2.75 bits per heavy atom. The summed E-state index contributed by atoms with van der Waals surface area (Å²) in [5, 5.41) is 14.0. The van der Waals surface area contributed by atoms with Crippen LogP contribution in [0.1, 0.15) is 18.5 Å². The van der Waals surface area contributed by atoms with Crippen molar-refractivity contribution in [3.05, 3.63) is 66.4 Å². The van der Waals surface area contributed by atoms with Gasteiger partial charge in [0.2, 0.25) is 0 Å². The molecule has 0 aliphatic heterocycles. The zero-order chi connectivity index (χ0) is 13.9. The number of pyridine rings is 1. The van der Waals surface area contributed by atoms with Crippen molar-refractivity contribution in [2.24, 2.45) is 0 Å². The molecule has 0 spiro atoms. The molecule has 100 valence electrons. The Morgan fingerprint density at radius 1 is 1.05 bits per heavy atom. The minimum Gasteiger partial charge on any atom is -0.508 e. The van der Waals surface area contributed by atoms with Crippen molar-refractivity contribution < 1.29 is 5.11 Å². The van der Waals surface area contributed by atoms with Gasteiger partial charge < -0.3 is 10.4 Å². The fourth-order valence-electron chi connectivity index (χ4n) is 2.28. The molecule has 0 aliphatic carbocycles. The molecule has 0 bridgehead atoms. The van der Waals surface area contributed by atoms with Crippen LogP contribution >= 0.6 is 0 Å². The van der Waals surface area contributed by atoms with Crippen molar-refractivity contribution in [1.82, 2.24) is 4.98 Å². The molecular formula is C17H16N2O. The van der Waals surface area contributed by atoms with E-state index in [9.17, 15) is 5.11 Å². The average Bonchev–Trinajstić information content (AvgIpc) is 2.47. The van der Waals surface area contributed by atoms with Gasteiger partial charge in [0.05, 0.1) is 17.4 Å². The number of phenols is 1. The Balaban J connectivity index is 1.85. The van der Waals surface area contributed by atoms with Gasteiger partial charge in [0.1, 0.15) is 5.75 Å². The van der Waals surface area contributed by atoms with Crippen LogP contribution in [0.5, 0.6) is 5.75 Å². The van der Waals surface area contributed by atoms with Gasteiger partial charge in [-0.15, -0.1) is 0 Å². The average molecular weight is 264 g/mol. The number of para-hydroxylation sites is 1. The molecule has 1 heterocycles. The van der Waals surface area contributed by atoms with Gasteiger partial charge in [-0.1, -0.05) is 30.3 Å². The summed E-state index contributed by atoms with van der Waals surface area (Å²) >= 11 is 0. The Morgan fingerprint density at radius 2 is 1.90 bits per heavy atom. The van der Waals surface area contributed by atoms with Crippen LogP contribution in [-0.2, 0) is 0 Å². The van der Waals surface area contributed by atoms with E-state index in [2.05, 4.69) is 23.3 Å². The van der Waals surface area contributed by atoms with Crippen molar-refractivity contribution in [2.75, 3.05) is 5.32 Å². The van der Waals surface area contributed by atoms with E-state index >= 15 is 0 Å². The zero-order valence-corrected chi connectivity index (χ0v) is 11.2. The minimum atomic E-state index is 0.102. The number of aromatic nitrogens is 1. The fourth-order valence-corrected chi connectivity index (χ4v) is 2.28. The van der Waals surface area contributed by atoms with Gasteiger partial charge in [0.15, 0.2) is 0 Å². The van der Waals surface area contributed by atoms with Gasteiger partial charge in [-0.3, -0.25) is 4.98 Å². The minimum absolute atomic E-state index is 0.102. The number of aromatic hydroxyl groups is 1. The van der Waals surface area contributed by atoms with Crippen molar-refractivity contribution in [1.29, 1.82) is 0 Å². The maximum absolute atomic E-state index is 9.53. The predicted octanol–water partition coefficient (Wildman–Crippen LogP) is 4.11. The number of phenolic OH excluding ortho intramolecular Hbond substituents is 1. The molecule has 2 N–H and O–H groups in total. The second kappa shape index (κ2) is 5.21. The van der Waals surface area contributed by atoms with Crippen molar-refractivity contribution >= 4 is 16.6 Å². The third-order valence-corrected chi connectivity index (χ3v) is 3.34. The number of anilines is 1. The molecule has 2 aromatic carbocycles. The molecule has 1 unspecified atom stereocenters. The molecule has 20 heavy (non-hydrogen) atoms.